The normalized spacial score (nSPS) is 14.3. The van der Waals surface area contributed by atoms with Crippen molar-refractivity contribution in [1.29, 1.82) is 0 Å². The van der Waals surface area contributed by atoms with E-state index in [4.69, 9.17) is 14.0 Å². The fraction of sp³-hybridized carbons (Fsp3) is 0. The van der Waals surface area contributed by atoms with E-state index >= 15 is 0 Å². The van der Waals surface area contributed by atoms with E-state index in [0.717, 1.165) is 49.2 Å². The third kappa shape index (κ3) is 5.34. The van der Waals surface area contributed by atoms with E-state index in [2.05, 4.69) is 36.4 Å². The Morgan fingerprint density at radius 3 is 1.98 bits per heavy atom. The Hall–Kier alpha value is -7.42. The molecule has 0 bridgehead atoms. The predicted octanol–water partition coefficient (Wildman–Crippen LogP) is 15.5. The summed E-state index contributed by atoms with van der Waals surface area (Å²) in [5, 5.41) is 4.89. The number of nitrogens with zero attached hydrogens (tertiary/aromatic N) is 1. The zero-order chi connectivity index (χ0) is 46.6. The molecule has 262 valence electrons. The maximum Gasteiger partial charge on any atom is 0.143 e. The lowest BCUT2D eigenvalue weighted by Crippen LogP contribution is -2.10. The highest BCUT2D eigenvalue weighted by Gasteiger charge is 2.21. The Balaban J connectivity index is 1.15. The molecular weight excluding hydrogens is 679 g/mol. The molecule has 11 rings (SSSR count). The Bertz CT molecular complexity index is 3860. The first-order valence-corrected chi connectivity index (χ1v) is 18.3. The topological polar surface area (TPSA) is 16.4 Å². The van der Waals surface area contributed by atoms with Crippen LogP contribution < -0.4 is 4.90 Å². The van der Waals surface area contributed by atoms with Crippen molar-refractivity contribution >= 4 is 71.3 Å². The summed E-state index contributed by atoms with van der Waals surface area (Å²) in [6, 6.07) is 41.0. The van der Waals surface area contributed by atoms with Crippen molar-refractivity contribution in [1.82, 2.24) is 0 Å². The van der Waals surface area contributed by atoms with Crippen LogP contribution in [0.1, 0.15) is 15.1 Å². The summed E-state index contributed by atoms with van der Waals surface area (Å²) in [6.45, 7) is 0. The zero-order valence-electron chi connectivity index (χ0n) is 40.7. The third-order valence-corrected chi connectivity index (χ3v) is 10.4. The highest BCUT2D eigenvalue weighted by atomic mass is 16.3. The fourth-order valence-electron chi connectivity index (χ4n) is 7.80. The summed E-state index contributed by atoms with van der Waals surface area (Å²) in [5.41, 5.74) is 5.21. The summed E-state index contributed by atoms with van der Waals surface area (Å²) in [6.07, 6.45) is 0. The van der Waals surface area contributed by atoms with Crippen LogP contribution in [-0.4, -0.2) is 0 Å². The van der Waals surface area contributed by atoms with Crippen LogP contribution in [0.4, 0.5) is 17.1 Å². The number of hydrogen-bond donors (Lipinski definition) is 0. The summed E-state index contributed by atoms with van der Waals surface area (Å²) >= 11 is 0. The number of fused-ring (bicyclic) bond motifs is 7. The number of furan rings is 1. The van der Waals surface area contributed by atoms with E-state index in [1.165, 1.54) is 0 Å². The molecule has 2 heteroatoms. The standard InChI is InChI=1S/C54H35NO/c1-4-18-45-37(11-1)14-8-21-47(45)40-27-32-44(33-28-40)55(51-23-10-24-52-53(51)50-34-29-39-13-3-6-20-49(39)54(50)56-52)43-30-25-36(26-31-43)41-16-7-17-42(35-41)48-22-9-15-38-12-2-5-19-46(38)48/h1-35H/i1D,4D,8D,11D,14D,18D,21D,27D,28D,32D,33D. The molecule has 0 atom stereocenters. The van der Waals surface area contributed by atoms with Crippen LogP contribution in [0.15, 0.2) is 216 Å². The van der Waals surface area contributed by atoms with Gasteiger partial charge in [-0.3, -0.25) is 0 Å². The second kappa shape index (κ2) is 13.2. The SMILES string of the molecule is [2H]c1c([2H])c(N(c2ccc(-c3cccc(-c4cccc5ccccc45)c3)cc2)c2cccc3oc4c5ccccc5ccc4c23)c([2H])c([2H])c1-c1c([2H])c([2H])c([2H])c2c([2H])c([2H])c([2H])c([2H])c12. The molecule has 0 amide bonds. The second-order valence-electron chi connectivity index (χ2n) is 13.6. The maximum atomic E-state index is 9.73. The average molecular weight is 725 g/mol. The highest BCUT2D eigenvalue weighted by molar-refractivity contribution is 6.19. The zero-order valence-corrected chi connectivity index (χ0v) is 29.7. The predicted molar refractivity (Wildman–Crippen MR) is 237 cm³/mol. The van der Waals surface area contributed by atoms with E-state index in [0.29, 0.717) is 27.9 Å². The number of benzene rings is 10. The summed E-state index contributed by atoms with van der Waals surface area (Å²) in [4.78, 5) is 1.67. The van der Waals surface area contributed by atoms with Gasteiger partial charge in [0.1, 0.15) is 11.2 Å². The van der Waals surface area contributed by atoms with Crippen molar-refractivity contribution in [3.63, 3.8) is 0 Å². The summed E-state index contributed by atoms with van der Waals surface area (Å²) < 4.78 is 106. The van der Waals surface area contributed by atoms with E-state index in [9.17, 15) is 5.48 Å². The monoisotopic (exact) mass is 724 g/mol. The molecule has 0 aliphatic heterocycles. The average Bonchev–Trinajstić information content (AvgIpc) is 3.75. The lowest BCUT2D eigenvalue weighted by molar-refractivity contribution is 0.672. The minimum absolute atomic E-state index is 0.131. The van der Waals surface area contributed by atoms with Crippen LogP contribution >= 0.6 is 0 Å². The van der Waals surface area contributed by atoms with E-state index in [-0.39, 0.29) is 22.0 Å². The minimum Gasteiger partial charge on any atom is -0.455 e. The molecule has 10 aromatic carbocycles. The van der Waals surface area contributed by atoms with Crippen molar-refractivity contribution in [2.24, 2.45) is 0 Å². The van der Waals surface area contributed by atoms with Crippen LogP contribution in [-0.2, 0) is 0 Å². The molecule has 0 spiro atoms. The Labute approximate surface area is 340 Å². The van der Waals surface area contributed by atoms with Gasteiger partial charge in [-0.1, -0.05) is 164 Å². The number of hydrogen-bond acceptors (Lipinski definition) is 2. The quantitative estimate of drug-likeness (QED) is 0.170. The molecule has 0 radical (unpaired) electrons. The first-order valence-electron chi connectivity index (χ1n) is 23.8. The Morgan fingerprint density at radius 1 is 0.393 bits per heavy atom. The van der Waals surface area contributed by atoms with Crippen LogP contribution in [0, 0.1) is 0 Å². The summed E-state index contributed by atoms with van der Waals surface area (Å²) in [5.74, 6) is 0. The van der Waals surface area contributed by atoms with E-state index < -0.39 is 72.0 Å². The Morgan fingerprint density at radius 2 is 1.11 bits per heavy atom. The third-order valence-electron chi connectivity index (χ3n) is 10.4. The number of rotatable bonds is 6. The van der Waals surface area contributed by atoms with Gasteiger partial charge in [0, 0.05) is 22.1 Å². The molecule has 0 unspecified atom stereocenters. The van der Waals surface area contributed by atoms with Crippen molar-refractivity contribution in [2.75, 3.05) is 4.90 Å². The van der Waals surface area contributed by atoms with Crippen molar-refractivity contribution in [3.8, 4) is 33.4 Å². The van der Waals surface area contributed by atoms with Crippen LogP contribution in [0.3, 0.4) is 0 Å². The molecule has 0 saturated carbocycles. The van der Waals surface area contributed by atoms with Gasteiger partial charge in [-0.25, -0.2) is 0 Å². The molecule has 1 heterocycles. The number of anilines is 3. The fourth-order valence-corrected chi connectivity index (χ4v) is 7.80. The molecular formula is C54H35NO. The summed E-state index contributed by atoms with van der Waals surface area (Å²) in [7, 11) is 0. The minimum atomic E-state index is -0.677. The van der Waals surface area contributed by atoms with Crippen molar-refractivity contribution in [3.05, 3.63) is 212 Å². The van der Waals surface area contributed by atoms with Gasteiger partial charge in [0.2, 0.25) is 0 Å². The van der Waals surface area contributed by atoms with Crippen LogP contribution in [0.2, 0.25) is 0 Å². The van der Waals surface area contributed by atoms with Gasteiger partial charge in [-0.15, -0.1) is 0 Å². The molecule has 0 saturated heterocycles. The van der Waals surface area contributed by atoms with Gasteiger partial charge >= 0.3 is 0 Å². The molecule has 2 nitrogen and oxygen atoms in total. The van der Waals surface area contributed by atoms with E-state index in [1.54, 1.807) is 11.0 Å². The van der Waals surface area contributed by atoms with Gasteiger partial charge in [0.05, 0.1) is 26.2 Å². The lowest BCUT2D eigenvalue weighted by atomic mass is 9.95. The molecule has 11 aromatic rings. The molecule has 0 aliphatic rings. The van der Waals surface area contributed by atoms with Gasteiger partial charge in [-0.2, -0.15) is 0 Å². The first kappa shape index (κ1) is 22.7. The largest absolute Gasteiger partial charge is 0.455 e. The van der Waals surface area contributed by atoms with Crippen LogP contribution in [0.5, 0.6) is 0 Å². The van der Waals surface area contributed by atoms with Crippen molar-refractivity contribution in [2.45, 2.75) is 0 Å². The van der Waals surface area contributed by atoms with Gasteiger partial charge < -0.3 is 9.32 Å². The van der Waals surface area contributed by atoms with E-state index in [1.807, 2.05) is 103 Å². The molecule has 1 aromatic heterocycles. The second-order valence-corrected chi connectivity index (χ2v) is 13.6. The lowest BCUT2D eigenvalue weighted by Gasteiger charge is -2.27. The first-order chi connectivity index (χ1) is 32.3. The maximum absolute atomic E-state index is 9.73. The molecule has 0 fully saturated rings. The van der Waals surface area contributed by atoms with Gasteiger partial charge in [0.25, 0.3) is 0 Å². The molecule has 0 aliphatic carbocycles. The molecule has 56 heavy (non-hydrogen) atoms. The van der Waals surface area contributed by atoms with Gasteiger partial charge in [0.15, 0.2) is 0 Å². The van der Waals surface area contributed by atoms with Crippen LogP contribution in [0.25, 0.3) is 87.6 Å². The molecule has 0 N–H and O–H groups in total. The van der Waals surface area contributed by atoms with Gasteiger partial charge in [-0.05, 0) is 109 Å². The highest BCUT2D eigenvalue weighted by Crippen LogP contribution is 2.45. The Kier molecular flexibility index (Phi) is 5.34. The van der Waals surface area contributed by atoms with Crippen molar-refractivity contribution < 1.29 is 19.5 Å². The smallest absolute Gasteiger partial charge is 0.143 e.